The highest BCUT2D eigenvalue weighted by Gasteiger charge is 2.63. The van der Waals surface area contributed by atoms with Crippen molar-refractivity contribution in [2.45, 2.75) is 69.1 Å². The van der Waals surface area contributed by atoms with Crippen molar-refractivity contribution in [3.63, 3.8) is 0 Å². The third kappa shape index (κ3) is 3.15. The molecule has 5 heteroatoms. The van der Waals surface area contributed by atoms with Crippen LogP contribution in [0.15, 0.2) is 60.7 Å². The van der Waals surface area contributed by atoms with Crippen molar-refractivity contribution in [1.82, 2.24) is 0 Å². The quantitative estimate of drug-likeness (QED) is 0.677. The molecule has 1 heterocycles. The second-order valence-corrected chi connectivity index (χ2v) is 9.22. The van der Waals surface area contributed by atoms with Gasteiger partial charge in [-0.2, -0.15) is 0 Å². The molecule has 2 atom stereocenters. The van der Waals surface area contributed by atoms with Crippen LogP contribution in [0.1, 0.15) is 51.7 Å². The smallest absolute Gasteiger partial charge is 0.403 e. The molecule has 3 nitrogen and oxygen atoms in total. The second-order valence-electron chi connectivity index (χ2n) is 9.22. The van der Waals surface area contributed by atoms with Gasteiger partial charge in [0.2, 0.25) is 0 Å². The van der Waals surface area contributed by atoms with Gasteiger partial charge in [-0.05, 0) is 45.2 Å². The minimum Gasteiger partial charge on any atom is -0.403 e. The lowest BCUT2D eigenvalue weighted by Crippen LogP contribution is -2.52. The summed E-state index contributed by atoms with van der Waals surface area (Å²) in [4.78, 5) is 12.5. The van der Waals surface area contributed by atoms with Gasteiger partial charge in [0, 0.05) is 17.7 Å². The second kappa shape index (κ2) is 7.07. The Kier molecular flexibility index (Phi) is 4.95. The maximum absolute atomic E-state index is 15.8. The molecule has 4 rings (SSSR count). The van der Waals surface area contributed by atoms with E-state index in [1.165, 1.54) is 0 Å². The lowest BCUT2D eigenvalue weighted by atomic mass is 9.46. The van der Waals surface area contributed by atoms with Gasteiger partial charge in [0.05, 0.1) is 11.2 Å². The van der Waals surface area contributed by atoms with Gasteiger partial charge in [-0.15, -0.1) is 0 Å². The standard InChI is InChI=1S/C24H28BFO3/c1-22(2)23(3,4)29-25(28-22)21-20(26)19(27)15-16-24(21,17-11-7-5-8-12-17)18-13-9-6-10-14-18/h5-14,20-21H,15-16H2,1-4H3. The highest BCUT2D eigenvalue weighted by Crippen LogP contribution is 2.56. The minimum absolute atomic E-state index is 0.195. The number of halogens is 1. The van der Waals surface area contributed by atoms with Crippen molar-refractivity contribution < 1.29 is 18.5 Å². The van der Waals surface area contributed by atoms with Gasteiger partial charge in [-0.25, -0.2) is 4.39 Å². The lowest BCUT2D eigenvalue weighted by molar-refractivity contribution is -0.127. The van der Waals surface area contributed by atoms with Crippen LogP contribution in [0.4, 0.5) is 4.39 Å². The molecule has 1 aliphatic carbocycles. The molecule has 0 aromatic heterocycles. The van der Waals surface area contributed by atoms with Crippen molar-refractivity contribution in [1.29, 1.82) is 0 Å². The number of hydrogen-bond donors (Lipinski definition) is 0. The molecule has 2 fully saturated rings. The summed E-state index contributed by atoms with van der Waals surface area (Å²) in [6.45, 7) is 7.82. The molecule has 0 N–H and O–H groups in total. The van der Waals surface area contributed by atoms with Gasteiger partial charge < -0.3 is 9.31 Å². The summed E-state index contributed by atoms with van der Waals surface area (Å²) < 4.78 is 28.4. The average molecular weight is 394 g/mol. The molecular formula is C24H28BFO3. The zero-order chi connectivity index (χ0) is 20.9. The van der Waals surface area contributed by atoms with Crippen LogP contribution >= 0.6 is 0 Å². The summed E-state index contributed by atoms with van der Waals surface area (Å²) in [7, 11) is -0.820. The molecule has 1 saturated heterocycles. The van der Waals surface area contributed by atoms with E-state index in [1.54, 1.807) is 0 Å². The van der Waals surface area contributed by atoms with Crippen molar-refractivity contribution in [2.24, 2.45) is 0 Å². The van der Waals surface area contributed by atoms with E-state index in [0.717, 1.165) is 11.1 Å². The number of alkyl halides is 1. The number of Topliss-reactive ketones (excluding diaryl/α,β-unsaturated/α-hetero) is 1. The topological polar surface area (TPSA) is 35.5 Å². The van der Waals surface area contributed by atoms with Gasteiger partial charge in [-0.1, -0.05) is 60.7 Å². The Balaban J connectivity index is 1.92. The Bertz CT molecular complexity index is 826. The molecule has 2 unspecified atom stereocenters. The Morgan fingerprint density at radius 2 is 1.31 bits per heavy atom. The van der Waals surface area contributed by atoms with Crippen LogP contribution in [0.2, 0.25) is 5.82 Å². The minimum atomic E-state index is -1.65. The molecule has 152 valence electrons. The molecule has 29 heavy (non-hydrogen) atoms. The molecule has 2 aromatic rings. The summed E-state index contributed by atoms with van der Waals surface area (Å²) in [6, 6.07) is 19.8. The third-order valence-corrected chi connectivity index (χ3v) is 7.10. The van der Waals surface area contributed by atoms with Crippen LogP contribution in [0.25, 0.3) is 0 Å². The number of benzene rings is 2. The summed E-state index contributed by atoms with van der Waals surface area (Å²) in [5.74, 6) is -1.14. The van der Waals surface area contributed by atoms with Gasteiger partial charge in [0.1, 0.15) is 0 Å². The summed E-state index contributed by atoms with van der Waals surface area (Å²) in [5.41, 5.74) is 0.0625. The molecule has 2 aliphatic rings. The first-order valence-corrected chi connectivity index (χ1v) is 10.3. The third-order valence-electron chi connectivity index (χ3n) is 7.10. The summed E-state index contributed by atoms with van der Waals surface area (Å²) >= 11 is 0. The molecule has 0 radical (unpaired) electrons. The molecular weight excluding hydrogens is 366 g/mol. The molecule has 0 spiro atoms. The fourth-order valence-electron chi connectivity index (χ4n) is 4.79. The fraction of sp³-hybridized carbons (Fsp3) is 0.458. The van der Waals surface area contributed by atoms with Gasteiger partial charge in [-0.3, -0.25) is 4.79 Å². The van der Waals surface area contributed by atoms with E-state index in [2.05, 4.69) is 0 Å². The molecule has 0 amide bonds. The Morgan fingerprint density at radius 3 is 1.76 bits per heavy atom. The van der Waals surface area contributed by atoms with Crippen LogP contribution in [0, 0.1) is 0 Å². The Labute approximate surface area is 172 Å². The van der Waals surface area contributed by atoms with E-state index in [0.29, 0.717) is 6.42 Å². The van der Waals surface area contributed by atoms with Crippen molar-refractivity contribution in [3.8, 4) is 0 Å². The number of carbonyl (C=O) groups excluding carboxylic acids is 1. The van der Waals surface area contributed by atoms with Crippen LogP contribution in [0.5, 0.6) is 0 Å². The fourth-order valence-corrected chi connectivity index (χ4v) is 4.79. The van der Waals surface area contributed by atoms with E-state index in [4.69, 9.17) is 9.31 Å². The van der Waals surface area contributed by atoms with E-state index < -0.39 is 35.7 Å². The molecule has 1 aliphatic heterocycles. The van der Waals surface area contributed by atoms with Crippen LogP contribution < -0.4 is 0 Å². The van der Waals surface area contributed by atoms with Crippen LogP contribution in [-0.2, 0) is 19.5 Å². The van der Waals surface area contributed by atoms with Gasteiger partial charge >= 0.3 is 7.12 Å². The monoisotopic (exact) mass is 394 g/mol. The van der Waals surface area contributed by atoms with Gasteiger partial charge in [0.25, 0.3) is 0 Å². The highest BCUT2D eigenvalue weighted by atomic mass is 19.1. The predicted octanol–water partition coefficient (Wildman–Crippen LogP) is 5.14. The zero-order valence-electron chi connectivity index (χ0n) is 17.5. The average Bonchev–Trinajstić information content (AvgIpc) is 2.92. The maximum Gasteiger partial charge on any atom is 0.465 e. The van der Waals surface area contributed by atoms with Crippen molar-refractivity contribution in [2.75, 3.05) is 0 Å². The van der Waals surface area contributed by atoms with Crippen molar-refractivity contribution >= 4 is 12.9 Å². The Morgan fingerprint density at radius 1 is 0.862 bits per heavy atom. The number of carbonyl (C=O) groups is 1. The molecule has 1 saturated carbocycles. The summed E-state index contributed by atoms with van der Waals surface area (Å²) in [5, 5.41) is 0. The van der Waals surface area contributed by atoms with E-state index >= 15 is 4.39 Å². The SMILES string of the molecule is CC1(C)OB(C2C(F)C(=O)CCC2(c2ccccc2)c2ccccc2)OC1(C)C. The lowest BCUT2D eigenvalue weighted by Gasteiger charge is -2.46. The maximum atomic E-state index is 15.8. The van der Waals surface area contributed by atoms with Crippen molar-refractivity contribution in [3.05, 3.63) is 71.8 Å². The number of hydrogen-bond acceptors (Lipinski definition) is 3. The highest BCUT2D eigenvalue weighted by molar-refractivity contribution is 6.49. The number of ketones is 1. The molecule has 0 bridgehead atoms. The normalized spacial score (nSPS) is 27.8. The van der Waals surface area contributed by atoms with Gasteiger partial charge in [0.15, 0.2) is 12.0 Å². The van der Waals surface area contributed by atoms with E-state index in [-0.39, 0.29) is 12.2 Å². The Hall–Kier alpha value is -1.98. The predicted molar refractivity (Wildman–Crippen MR) is 113 cm³/mol. The van der Waals surface area contributed by atoms with E-state index in [9.17, 15) is 4.79 Å². The van der Waals surface area contributed by atoms with E-state index in [1.807, 2.05) is 88.4 Å². The van der Waals surface area contributed by atoms with Crippen LogP contribution in [0.3, 0.4) is 0 Å². The number of rotatable bonds is 3. The van der Waals surface area contributed by atoms with Crippen LogP contribution in [-0.4, -0.2) is 30.3 Å². The largest absolute Gasteiger partial charge is 0.465 e. The first kappa shape index (κ1) is 20.3. The first-order valence-electron chi connectivity index (χ1n) is 10.3. The summed E-state index contributed by atoms with van der Waals surface area (Å²) in [6.07, 6.45) is -0.936. The molecule has 2 aromatic carbocycles. The zero-order valence-corrected chi connectivity index (χ0v) is 17.5. The first-order chi connectivity index (χ1) is 13.7.